The van der Waals surface area contributed by atoms with Gasteiger partial charge in [-0.2, -0.15) is 5.10 Å². The van der Waals surface area contributed by atoms with E-state index in [2.05, 4.69) is 15.5 Å². The Kier molecular flexibility index (Phi) is 5.28. The van der Waals surface area contributed by atoms with Crippen LogP contribution >= 0.6 is 11.3 Å². The fourth-order valence-electron chi connectivity index (χ4n) is 3.94. The van der Waals surface area contributed by atoms with Crippen molar-refractivity contribution in [3.05, 3.63) is 86.8 Å². The molecule has 7 nitrogen and oxygen atoms in total. The molecule has 0 aliphatic heterocycles. The maximum atomic E-state index is 13.2. The minimum atomic E-state index is -0.374. The molecule has 0 unspecified atom stereocenters. The normalized spacial score (nSPS) is 13.4. The number of nitrogens with one attached hydrogen (secondary N) is 1. The summed E-state index contributed by atoms with van der Waals surface area (Å²) >= 11 is 1.63. The fourth-order valence-corrected chi connectivity index (χ4v) is 5.16. The number of hydrogen-bond acceptors (Lipinski definition) is 6. The number of benzene rings is 2. The molecule has 0 saturated carbocycles. The minimum Gasteiger partial charge on any atom is -0.508 e. The third kappa shape index (κ3) is 3.80. The largest absolute Gasteiger partial charge is 0.508 e. The number of phenolic OH excluding ortho intramolecular Hbond substituents is 1. The number of hydrazone groups is 1. The number of nitrogens with zero attached hydrogens (tertiary/aromatic N) is 3. The zero-order chi connectivity index (χ0) is 22.1. The molecule has 4 aromatic rings. The molecule has 2 N–H and O–H groups in total. The van der Waals surface area contributed by atoms with Crippen LogP contribution in [0, 0.1) is 0 Å². The van der Waals surface area contributed by atoms with E-state index in [4.69, 9.17) is 0 Å². The van der Waals surface area contributed by atoms with Crippen molar-refractivity contribution in [1.82, 2.24) is 15.0 Å². The first-order chi connectivity index (χ1) is 15.6. The van der Waals surface area contributed by atoms with Crippen LogP contribution in [0.2, 0.25) is 0 Å². The summed E-state index contributed by atoms with van der Waals surface area (Å²) in [4.78, 5) is 32.2. The Morgan fingerprint density at radius 3 is 2.78 bits per heavy atom. The van der Waals surface area contributed by atoms with Gasteiger partial charge in [0.1, 0.15) is 16.9 Å². The van der Waals surface area contributed by atoms with Crippen LogP contribution in [0.4, 0.5) is 0 Å². The van der Waals surface area contributed by atoms with Gasteiger partial charge in [-0.15, -0.1) is 11.3 Å². The standard InChI is InChI=1S/C24H20N4O3S/c29-18-5-3-4-15(12-18)13-26-27-22(30)16-8-10-17(11-9-16)28-14-25-23-21(24(28)31)19-6-1-2-7-20(19)32-23/h3-5,8-14,29H,1-2,6-7H2,(H,27,30)/b26-13-. The van der Waals surface area contributed by atoms with E-state index in [0.717, 1.165) is 41.5 Å². The highest BCUT2D eigenvalue weighted by Crippen LogP contribution is 2.33. The Hall–Kier alpha value is -3.78. The molecule has 1 aliphatic carbocycles. The number of rotatable bonds is 4. The van der Waals surface area contributed by atoms with Gasteiger partial charge in [0.05, 0.1) is 17.3 Å². The molecule has 8 heteroatoms. The monoisotopic (exact) mass is 444 g/mol. The molecule has 2 aromatic heterocycles. The van der Waals surface area contributed by atoms with Gasteiger partial charge >= 0.3 is 0 Å². The lowest BCUT2D eigenvalue weighted by atomic mass is 9.97. The number of aromatic nitrogens is 2. The number of hydrogen-bond donors (Lipinski definition) is 2. The third-order valence-corrected chi connectivity index (χ3v) is 6.73. The van der Waals surface area contributed by atoms with Crippen molar-refractivity contribution in [3.8, 4) is 11.4 Å². The van der Waals surface area contributed by atoms with Crippen molar-refractivity contribution in [1.29, 1.82) is 0 Å². The van der Waals surface area contributed by atoms with Crippen molar-refractivity contribution >= 4 is 33.7 Å². The Labute approximate surface area is 187 Å². The second kappa shape index (κ2) is 8.39. The summed E-state index contributed by atoms with van der Waals surface area (Å²) in [7, 11) is 0. The van der Waals surface area contributed by atoms with Crippen molar-refractivity contribution in [2.45, 2.75) is 25.7 Å². The highest BCUT2D eigenvalue weighted by atomic mass is 32.1. The molecule has 1 amide bonds. The van der Waals surface area contributed by atoms with Crippen molar-refractivity contribution in [3.63, 3.8) is 0 Å². The smallest absolute Gasteiger partial charge is 0.271 e. The molecular weight excluding hydrogens is 424 g/mol. The van der Waals surface area contributed by atoms with Gasteiger partial charge in [0.2, 0.25) is 0 Å². The lowest BCUT2D eigenvalue weighted by Gasteiger charge is -2.10. The predicted molar refractivity (Wildman–Crippen MR) is 125 cm³/mol. The minimum absolute atomic E-state index is 0.0673. The van der Waals surface area contributed by atoms with Gasteiger partial charge in [0, 0.05) is 10.4 Å². The molecule has 2 aromatic carbocycles. The predicted octanol–water partition coefficient (Wildman–Crippen LogP) is 3.80. The summed E-state index contributed by atoms with van der Waals surface area (Å²) in [6.07, 6.45) is 7.22. The van der Waals surface area contributed by atoms with Gasteiger partial charge in [0.25, 0.3) is 11.5 Å². The number of carbonyl (C=O) groups excluding carboxylic acids is 1. The van der Waals surface area contributed by atoms with Crippen LogP contribution in [0.25, 0.3) is 15.9 Å². The maximum absolute atomic E-state index is 13.2. The lowest BCUT2D eigenvalue weighted by Crippen LogP contribution is -2.20. The van der Waals surface area contributed by atoms with Gasteiger partial charge in [-0.1, -0.05) is 12.1 Å². The first-order valence-electron chi connectivity index (χ1n) is 10.3. The summed E-state index contributed by atoms with van der Waals surface area (Å²) in [6, 6.07) is 13.3. The topological polar surface area (TPSA) is 96.6 Å². The van der Waals surface area contributed by atoms with E-state index < -0.39 is 0 Å². The van der Waals surface area contributed by atoms with Crippen LogP contribution in [0.5, 0.6) is 5.75 Å². The molecule has 5 rings (SSSR count). The van der Waals surface area contributed by atoms with E-state index in [1.807, 2.05) is 0 Å². The Morgan fingerprint density at radius 2 is 1.97 bits per heavy atom. The highest BCUT2D eigenvalue weighted by Gasteiger charge is 2.20. The zero-order valence-corrected chi connectivity index (χ0v) is 17.9. The van der Waals surface area contributed by atoms with E-state index in [-0.39, 0.29) is 17.2 Å². The van der Waals surface area contributed by atoms with Gasteiger partial charge in [-0.25, -0.2) is 10.4 Å². The van der Waals surface area contributed by atoms with E-state index in [9.17, 15) is 14.7 Å². The number of aryl methyl sites for hydroxylation is 2. The van der Waals surface area contributed by atoms with Crippen LogP contribution < -0.4 is 11.0 Å². The molecule has 1 aliphatic rings. The fraction of sp³-hybridized carbons (Fsp3) is 0.167. The van der Waals surface area contributed by atoms with E-state index in [1.54, 1.807) is 60.1 Å². The van der Waals surface area contributed by atoms with Crippen LogP contribution in [0.15, 0.2) is 64.8 Å². The molecule has 0 fully saturated rings. The zero-order valence-electron chi connectivity index (χ0n) is 17.1. The first-order valence-corrected chi connectivity index (χ1v) is 11.2. The van der Waals surface area contributed by atoms with Gasteiger partial charge in [-0.05, 0) is 73.2 Å². The van der Waals surface area contributed by atoms with E-state index in [0.29, 0.717) is 16.8 Å². The number of phenols is 1. The maximum Gasteiger partial charge on any atom is 0.271 e. The first kappa shape index (κ1) is 20.1. The molecular formula is C24H20N4O3S. The van der Waals surface area contributed by atoms with Gasteiger partial charge < -0.3 is 5.11 Å². The van der Waals surface area contributed by atoms with Gasteiger partial charge in [0.15, 0.2) is 0 Å². The molecule has 32 heavy (non-hydrogen) atoms. The van der Waals surface area contributed by atoms with Crippen molar-refractivity contribution in [2.24, 2.45) is 5.10 Å². The number of aromatic hydroxyl groups is 1. The van der Waals surface area contributed by atoms with Crippen LogP contribution in [-0.2, 0) is 12.8 Å². The number of carbonyl (C=O) groups is 1. The average molecular weight is 445 g/mol. The third-order valence-electron chi connectivity index (χ3n) is 5.53. The van der Waals surface area contributed by atoms with Crippen LogP contribution in [0.3, 0.4) is 0 Å². The van der Waals surface area contributed by atoms with Crippen LogP contribution in [0.1, 0.15) is 39.2 Å². The Morgan fingerprint density at radius 1 is 1.16 bits per heavy atom. The van der Waals surface area contributed by atoms with Crippen molar-refractivity contribution in [2.75, 3.05) is 0 Å². The van der Waals surface area contributed by atoms with E-state index in [1.165, 1.54) is 21.7 Å². The average Bonchev–Trinajstić information content (AvgIpc) is 3.19. The molecule has 0 spiro atoms. The Bertz CT molecular complexity index is 1400. The SMILES string of the molecule is O=C(N/N=C\c1cccc(O)c1)c1ccc(-n2cnc3sc4c(c3c2=O)CCCC4)cc1. The molecule has 2 heterocycles. The highest BCUT2D eigenvalue weighted by molar-refractivity contribution is 7.18. The van der Waals surface area contributed by atoms with Crippen LogP contribution in [-0.4, -0.2) is 26.8 Å². The molecule has 0 saturated heterocycles. The summed E-state index contributed by atoms with van der Waals surface area (Å²) < 4.78 is 1.53. The molecule has 0 radical (unpaired) electrons. The number of thiophene rings is 1. The van der Waals surface area contributed by atoms with Gasteiger partial charge in [-0.3, -0.25) is 14.2 Å². The second-order valence-electron chi connectivity index (χ2n) is 7.65. The summed E-state index contributed by atoms with van der Waals surface area (Å²) in [5, 5.41) is 14.1. The lowest BCUT2D eigenvalue weighted by molar-refractivity contribution is 0.0955. The summed E-state index contributed by atoms with van der Waals surface area (Å²) in [6.45, 7) is 0. The number of fused-ring (bicyclic) bond motifs is 3. The summed E-state index contributed by atoms with van der Waals surface area (Å²) in [5.74, 6) is -0.248. The second-order valence-corrected chi connectivity index (χ2v) is 8.74. The molecule has 0 atom stereocenters. The number of amides is 1. The molecule has 160 valence electrons. The van der Waals surface area contributed by atoms with E-state index >= 15 is 0 Å². The Balaban J connectivity index is 1.36. The quantitative estimate of drug-likeness (QED) is 0.370. The summed E-state index contributed by atoms with van der Waals surface area (Å²) in [5.41, 5.74) is 5.28. The van der Waals surface area contributed by atoms with Crippen molar-refractivity contribution < 1.29 is 9.90 Å². The molecule has 0 bridgehead atoms.